The van der Waals surface area contributed by atoms with Gasteiger partial charge in [-0.15, -0.1) is 0 Å². The minimum atomic E-state index is -4.38. The monoisotopic (exact) mass is 372 g/mol. The minimum Gasteiger partial charge on any atom is -0.339 e. The molecule has 2 N–H and O–H groups in total. The molecule has 0 atom stereocenters. The van der Waals surface area contributed by atoms with Crippen molar-refractivity contribution in [3.63, 3.8) is 0 Å². The van der Waals surface area contributed by atoms with Crippen LogP contribution in [0.2, 0.25) is 0 Å². The van der Waals surface area contributed by atoms with E-state index in [1.807, 2.05) is 25.1 Å². The van der Waals surface area contributed by atoms with E-state index in [-0.39, 0.29) is 5.69 Å². The SMILES string of the molecule is Cc1cccc(NC(=O)c2cnc(Nc3ccc(C(F)(F)F)cc3)cn2)c1. The summed E-state index contributed by atoms with van der Waals surface area (Å²) in [6.45, 7) is 1.91. The first-order valence-corrected chi connectivity index (χ1v) is 7.95. The molecule has 0 unspecified atom stereocenters. The lowest BCUT2D eigenvalue weighted by atomic mass is 10.2. The van der Waals surface area contributed by atoms with Crippen LogP contribution in [-0.4, -0.2) is 15.9 Å². The largest absolute Gasteiger partial charge is 0.416 e. The summed E-state index contributed by atoms with van der Waals surface area (Å²) < 4.78 is 37.7. The predicted molar refractivity (Wildman–Crippen MR) is 95.9 cm³/mol. The van der Waals surface area contributed by atoms with Crippen LogP contribution in [0.4, 0.5) is 30.4 Å². The zero-order valence-corrected chi connectivity index (χ0v) is 14.2. The average molecular weight is 372 g/mol. The molecule has 27 heavy (non-hydrogen) atoms. The van der Waals surface area contributed by atoms with Crippen molar-refractivity contribution in [3.05, 3.63) is 77.7 Å². The van der Waals surface area contributed by atoms with Gasteiger partial charge in [0.15, 0.2) is 0 Å². The first-order chi connectivity index (χ1) is 12.8. The van der Waals surface area contributed by atoms with Gasteiger partial charge in [0, 0.05) is 11.4 Å². The van der Waals surface area contributed by atoms with Gasteiger partial charge in [-0.05, 0) is 48.9 Å². The Morgan fingerprint density at radius 2 is 1.70 bits per heavy atom. The smallest absolute Gasteiger partial charge is 0.339 e. The summed E-state index contributed by atoms with van der Waals surface area (Å²) in [6, 6.07) is 11.9. The van der Waals surface area contributed by atoms with Crippen molar-refractivity contribution < 1.29 is 18.0 Å². The van der Waals surface area contributed by atoms with Gasteiger partial charge in [-0.3, -0.25) is 4.79 Å². The lowest BCUT2D eigenvalue weighted by molar-refractivity contribution is -0.137. The number of anilines is 3. The van der Waals surface area contributed by atoms with E-state index in [0.29, 0.717) is 17.2 Å². The Balaban J connectivity index is 1.65. The summed E-state index contributed by atoms with van der Waals surface area (Å²) in [5.41, 5.74) is 1.47. The van der Waals surface area contributed by atoms with Crippen molar-refractivity contribution >= 4 is 23.1 Å². The van der Waals surface area contributed by atoms with Crippen LogP contribution >= 0.6 is 0 Å². The molecular formula is C19H15F3N4O. The molecule has 2 aromatic carbocycles. The van der Waals surface area contributed by atoms with Gasteiger partial charge in [0.1, 0.15) is 11.5 Å². The third-order valence-electron chi connectivity index (χ3n) is 3.65. The molecule has 3 rings (SSSR count). The highest BCUT2D eigenvalue weighted by Crippen LogP contribution is 2.30. The first-order valence-electron chi connectivity index (χ1n) is 7.95. The third kappa shape index (κ3) is 4.81. The van der Waals surface area contributed by atoms with Gasteiger partial charge < -0.3 is 10.6 Å². The number of carbonyl (C=O) groups excluding carboxylic acids is 1. The van der Waals surface area contributed by atoms with E-state index in [1.54, 1.807) is 6.07 Å². The van der Waals surface area contributed by atoms with Crippen molar-refractivity contribution in [1.29, 1.82) is 0 Å². The second-order valence-electron chi connectivity index (χ2n) is 5.81. The van der Waals surface area contributed by atoms with Gasteiger partial charge in [-0.25, -0.2) is 9.97 Å². The van der Waals surface area contributed by atoms with Crippen LogP contribution in [0.1, 0.15) is 21.6 Å². The summed E-state index contributed by atoms with van der Waals surface area (Å²) in [5.74, 6) is -0.101. The van der Waals surface area contributed by atoms with Crippen molar-refractivity contribution in [1.82, 2.24) is 9.97 Å². The third-order valence-corrected chi connectivity index (χ3v) is 3.65. The molecule has 0 spiro atoms. The van der Waals surface area contributed by atoms with Crippen LogP contribution < -0.4 is 10.6 Å². The van der Waals surface area contributed by atoms with Crippen molar-refractivity contribution in [2.45, 2.75) is 13.1 Å². The van der Waals surface area contributed by atoms with Crippen molar-refractivity contribution in [3.8, 4) is 0 Å². The Hall–Kier alpha value is -3.42. The van der Waals surface area contributed by atoms with Gasteiger partial charge in [-0.2, -0.15) is 13.2 Å². The Labute approximate surface area is 153 Å². The van der Waals surface area contributed by atoms with Gasteiger partial charge in [0.05, 0.1) is 18.0 Å². The zero-order chi connectivity index (χ0) is 19.4. The van der Waals surface area contributed by atoms with Crippen LogP contribution in [0.5, 0.6) is 0 Å². The van der Waals surface area contributed by atoms with E-state index < -0.39 is 17.6 Å². The minimum absolute atomic E-state index is 0.120. The van der Waals surface area contributed by atoms with E-state index >= 15 is 0 Å². The number of aryl methyl sites for hydroxylation is 1. The lowest BCUT2D eigenvalue weighted by Gasteiger charge is -2.09. The fourth-order valence-corrected chi connectivity index (χ4v) is 2.32. The number of rotatable bonds is 4. The molecule has 8 heteroatoms. The predicted octanol–water partition coefficient (Wildman–Crippen LogP) is 4.80. The highest BCUT2D eigenvalue weighted by Gasteiger charge is 2.29. The summed E-state index contributed by atoms with van der Waals surface area (Å²) in [4.78, 5) is 20.3. The van der Waals surface area contributed by atoms with Crippen molar-refractivity contribution in [2.24, 2.45) is 0 Å². The molecule has 1 aromatic heterocycles. The highest BCUT2D eigenvalue weighted by molar-refractivity contribution is 6.02. The maximum absolute atomic E-state index is 12.6. The Morgan fingerprint density at radius 1 is 0.963 bits per heavy atom. The molecule has 0 aliphatic carbocycles. The first kappa shape index (κ1) is 18.4. The van der Waals surface area contributed by atoms with Crippen molar-refractivity contribution in [2.75, 3.05) is 10.6 Å². The molecule has 0 radical (unpaired) electrons. The Bertz CT molecular complexity index is 938. The van der Waals surface area contributed by atoms with Crippen LogP contribution in [0.25, 0.3) is 0 Å². The Kier molecular flexibility index (Phi) is 5.07. The second-order valence-corrected chi connectivity index (χ2v) is 5.81. The molecular weight excluding hydrogens is 357 g/mol. The summed E-state index contributed by atoms with van der Waals surface area (Å²) in [7, 11) is 0. The molecule has 0 saturated carbocycles. The molecule has 0 aliphatic rings. The molecule has 3 aromatic rings. The zero-order valence-electron chi connectivity index (χ0n) is 14.2. The second kappa shape index (κ2) is 7.45. The molecule has 1 heterocycles. The molecule has 0 fully saturated rings. The maximum Gasteiger partial charge on any atom is 0.416 e. The van der Waals surface area contributed by atoms with E-state index in [9.17, 15) is 18.0 Å². The number of carbonyl (C=O) groups is 1. The number of hydrogen-bond donors (Lipinski definition) is 2. The molecule has 0 aliphatic heterocycles. The van der Waals surface area contributed by atoms with E-state index in [1.165, 1.54) is 24.5 Å². The standard InChI is InChI=1S/C19H15F3N4O/c1-12-3-2-4-15(9-12)26-18(27)16-10-24-17(11-23-16)25-14-7-5-13(6-8-14)19(20,21)22/h2-11H,1H3,(H,24,25)(H,26,27). The molecule has 1 amide bonds. The number of aromatic nitrogens is 2. The van der Waals surface area contributed by atoms with Crippen LogP contribution in [0.15, 0.2) is 60.9 Å². The van der Waals surface area contributed by atoms with Crippen LogP contribution in [-0.2, 0) is 6.18 Å². The number of halogens is 3. The number of hydrogen-bond acceptors (Lipinski definition) is 4. The summed E-state index contributed by atoms with van der Waals surface area (Å²) >= 11 is 0. The summed E-state index contributed by atoms with van der Waals surface area (Å²) in [6.07, 6.45) is -1.76. The van der Waals surface area contributed by atoms with Gasteiger partial charge in [0.25, 0.3) is 5.91 Å². The van der Waals surface area contributed by atoms with Crippen LogP contribution in [0.3, 0.4) is 0 Å². The number of benzene rings is 2. The van der Waals surface area contributed by atoms with Crippen LogP contribution in [0, 0.1) is 6.92 Å². The van der Waals surface area contributed by atoms with Gasteiger partial charge >= 0.3 is 6.18 Å². The van der Waals surface area contributed by atoms with Gasteiger partial charge in [-0.1, -0.05) is 12.1 Å². The summed E-state index contributed by atoms with van der Waals surface area (Å²) in [5, 5.41) is 5.55. The van der Waals surface area contributed by atoms with E-state index in [4.69, 9.17) is 0 Å². The average Bonchev–Trinajstić information content (AvgIpc) is 2.62. The van der Waals surface area contributed by atoms with Gasteiger partial charge in [0.2, 0.25) is 0 Å². The fraction of sp³-hybridized carbons (Fsp3) is 0.105. The quantitative estimate of drug-likeness (QED) is 0.690. The number of nitrogens with one attached hydrogen (secondary N) is 2. The Morgan fingerprint density at radius 3 is 2.30 bits per heavy atom. The van der Waals surface area contributed by atoms with E-state index in [2.05, 4.69) is 20.6 Å². The van der Waals surface area contributed by atoms with E-state index in [0.717, 1.165) is 17.7 Å². The molecule has 0 saturated heterocycles. The molecule has 5 nitrogen and oxygen atoms in total. The lowest BCUT2D eigenvalue weighted by Crippen LogP contribution is -2.14. The molecule has 138 valence electrons. The maximum atomic E-state index is 12.6. The number of nitrogens with zero attached hydrogens (tertiary/aromatic N) is 2. The topological polar surface area (TPSA) is 66.9 Å². The number of alkyl halides is 3. The number of amides is 1. The highest BCUT2D eigenvalue weighted by atomic mass is 19.4. The fourth-order valence-electron chi connectivity index (χ4n) is 2.32. The normalized spacial score (nSPS) is 11.1. The molecule has 0 bridgehead atoms.